The van der Waals surface area contributed by atoms with Crippen LogP contribution in [0.5, 0.6) is 0 Å². The Morgan fingerprint density at radius 1 is 1.39 bits per heavy atom. The monoisotopic (exact) mass is 318 g/mol. The zero-order chi connectivity index (χ0) is 13.3. The molecule has 0 radical (unpaired) electrons. The van der Waals surface area contributed by atoms with Crippen molar-refractivity contribution in [3.63, 3.8) is 0 Å². The Morgan fingerprint density at radius 3 is 2.50 bits per heavy atom. The van der Waals surface area contributed by atoms with Crippen LogP contribution in [0.3, 0.4) is 0 Å². The number of anilines is 2. The van der Waals surface area contributed by atoms with Gasteiger partial charge in [0.15, 0.2) is 17.3 Å². The van der Waals surface area contributed by atoms with E-state index < -0.39 is 23.3 Å². The highest BCUT2D eigenvalue weighted by Crippen LogP contribution is 2.26. The minimum atomic E-state index is -1.30. The number of carboxylic acid groups (broad SMARTS) is 1. The fourth-order valence-corrected chi connectivity index (χ4v) is 1.60. The van der Waals surface area contributed by atoms with Crippen LogP contribution in [-0.4, -0.2) is 16.1 Å². The van der Waals surface area contributed by atoms with Crippen molar-refractivity contribution in [1.29, 1.82) is 0 Å². The minimum Gasteiger partial charge on any atom is -0.476 e. The van der Waals surface area contributed by atoms with E-state index in [0.29, 0.717) is 0 Å². The summed E-state index contributed by atoms with van der Waals surface area (Å²) in [6.07, 6.45) is 0.860. The zero-order valence-electron chi connectivity index (χ0n) is 8.58. The number of nitrogens with one attached hydrogen (secondary N) is 1. The van der Waals surface area contributed by atoms with Gasteiger partial charge in [-0.15, -0.1) is 0 Å². The van der Waals surface area contributed by atoms with Gasteiger partial charge in [0, 0.05) is 4.47 Å². The van der Waals surface area contributed by atoms with Gasteiger partial charge in [-0.25, -0.2) is 13.6 Å². The molecule has 0 saturated carbocycles. The lowest BCUT2D eigenvalue weighted by Gasteiger charge is -2.05. The SMILES string of the molecule is O=C(O)c1coc(Nc2c(F)cc(Br)cc2F)n1. The molecule has 94 valence electrons. The molecule has 2 aromatic rings. The quantitative estimate of drug-likeness (QED) is 0.909. The largest absolute Gasteiger partial charge is 0.476 e. The average Bonchev–Trinajstić information content (AvgIpc) is 2.71. The molecule has 2 N–H and O–H groups in total. The summed E-state index contributed by atoms with van der Waals surface area (Å²) in [6, 6.07) is 1.78. The van der Waals surface area contributed by atoms with E-state index in [1.165, 1.54) is 0 Å². The number of benzene rings is 1. The third-order valence-corrected chi connectivity index (χ3v) is 2.42. The molecule has 1 aromatic heterocycles. The Hall–Kier alpha value is -1.96. The van der Waals surface area contributed by atoms with Crippen molar-refractivity contribution < 1.29 is 23.1 Å². The number of oxazole rings is 1. The van der Waals surface area contributed by atoms with E-state index in [2.05, 4.69) is 26.2 Å². The van der Waals surface area contributed by atoms with Crippen LogP contribution in [0.1, 0.15) is 10.5 Å². The molecule has 0 bridgehead atoms. The predicted octanol–water partition coefficient (Wildman–Crippen LogP) is 3.16. The van der Waals surface area contributed by atoms with Gasteiger partial charge in [0.05, 0.1) is 0 Å². The molecule has 0 saturated heterocycles. The third-order valence-electron chi connectivity index (χ3n) is 1.96. The van der Waals surface area contributed by atoms with E-state index in [0.717, 1.165) is 18.4 Å². The Kier molecular flexibility index (Phi) is 3.28. The maximum atomic E-state index is 13.4. The molecule has 2 rings (SSSR count). The van der Waals surface area contributed by atoms with E-state index in [-0.39, 0.29) is 16.2 Å². The molecular weight excluding hydrogens is 314 g/mol. The first kappa shape index (κ1) is 12.5. The molecule has 0 aliphatic heterocycles. The van der Waals surface area contributed by atoms with Crippen LogP contribution in [0.25, 0.3) is 0 Å². The second-order valence-electron chi connectivity index (χ2n) is 3.21. The number of carbonyl (C=O) groups is 1. The summed E-state index contributed by atoms with van der Waals surface area (Å²) in [5.74, 6) is -3.03. The van der Waals surface area contributed by atoms with Gasteiger partial charge in [-0.2, -0.15) is 4.98 Å². The standard InChI is InChI=1S/C10H5BrF2N2O3/c11-4-1-5(12)8(6(13)2-4)15-10-14-7(3-18-10)9(16)17/h1-3H,(H,14,15)(H,16,17). The summed E-state index contributed by atoms with van der Waals surface area (Å²) in [5.41, 5.74) is -0.840. The summed E-state index contributed by atoms with van der Waals surface area (Å²) >= 11 is 2.93. The highest BCUT2D eigenvalue weighted by atomic mass is 79.9. The summed E-state index contributed by atoms with van der Waals surface area (Å²) in [4.78, 5) is 14.0. The Bertz CT molecular complexity index is 592. The predicted molar refractivity (Wildman–Crippen MR) is 60.8 cm³/mol. The fourth-order valence-electron chi connectivity index (χ4n) is 1.20. The van der Waals surface area contributed by atoms with Crippen molar-refractivity contribution in [3.8, 4) is 0 Å². The molecule has 0 spiro atoms. The maximum Gasteiger partial charge on any atom is 0.357 e. The van der Waals surface area contributed by atoms with Crippen molar-refractivity contribution in [2.75, 3.05) is 5.32 Å². The van der Waals surface area contributed by atoms with Crippen molar-refractivity contribution in [1.82, 2.24) is 4.98 Å². The lowest BCUT2D eigenvalue weighted by Crippen LogP contribution is -2.00. The third kappa shape index (κ3) is 2.48. The van der Waals surface area contributed by atoms with Crippen LogP contribution in [0, 0.1) is 11.6 Å². The molecule has 18 heavy (non-hydrogen) atoms. The first-order valence-corrected chi connectivity index (χ1v) is 5.37. The Balaban J connectivity index is 2.31. The highest BCUT2D eigenvalue weighted by Gasteiger charge is 2.15. The van der Waals surface area contributed by atoms with Crippen molar-refractivity contribution in [2.45, 2.75) is 0 Å². The number of rotatable bonds is 3. The molecule has 1 heterocycles. The number of hydrogen-bond acceptors (Lipinski definition) is 4. The molecule has 0 amide bonds. The van der Waals surface area contributed by atoms with Crippen LogP contribution in [0.15, 0.2) is 27.3 Å². The summed E-state index contributed by atoms with van der Waals surface area (Å²) in [7, 11) is 0. The van der Waals surface area contributed by atoms with Gasteiger partial charge >= 0.3 is 5.97 Å². The normalized spacial score (nSPS) is 10.4. The second kappa shape index (κ2) is 4.73. The van der Waals surface area contributed by atoms with Crippen molar-refractivity contribution in [2.24, 2.45) is 0 Å². The zero-order valence-corrected chi connectivity index (χ0v) is 10.2. The van der Waals surface area contributed by atoms with Gasteiger partial charge in [-0.3, -0.25) is 0 Å². The summed E-state index contributed by atoms with van der Waals surface area (Å²) in [5, 5.41) is 10.8. The van der Waals surface area contributed by atoms with Crippen LogP contribution < -0.4 is 5.32 Å². The van der Waals surface area contributed by atoms with Crippen LogP contribution in [0.4, 0.5) is 20.5 Å². The van der Waals surface area contributed by atoms with E-state index in [4.69, 9.17) is 9.52 Å². The topological polar surface area (TPSA) is 75.4 Å². The number of halogens is 3. The van der Waals surface area contributed by atoms with Crippen LogP contribution >= 0.6 is 15.9 Å². The van der Waals surface area contributed by atoms with E-state index >= 15 is 0 Å². The molecule has 0 fully saturated rings. The second-order valence-corrected chi connectivity index (χ2v) is 4.13. The molecule has 5 nitrogen and oxygen atoms in total. The van der Waals surface area contributed by atoms with Crippen molar-refractivity contribution >= 4 is 33.6 Å². The molecule has 1 aromatic carbocycles. The van der Waals surface area contributed by atoms with Crippen LogP contribution in [0.2, 0.25) is 0 Å². The molecule has 0 aliphatic rings. The summed E-state index contributed by atoms with van der Waals surface area (Å²) in [6.45, 7) is 0. The van der Waals surface area contributed by atoms with Gasteiger partial charge < -0.3 is 14.8 Å². The minimum absolute atomic E-state index is 0.238. The molecule has 0 atom stereocenters. The molecule has 0 unspecified atom stereocenters. The smallest absolute Gasteiger partial charge is 0.357 e. The number of aromatic carboxylic acids is 1. The van der Waals surface area contributed by atoms with Gasteiger partial charge in [-0.05, 0) is 12.1 Å². The fraction of sp³-hybridized carbons (Fsp3) is 0. The molecular formula is C10H5BrF2N2O3. The number of carboxylic acids is 1. The van der Waals surface area contributed by atoms with Gasteiger partial charge in [0.2, 0.25) is 0 Å². The maximum absolute atomic E-state index is 13.4. The van der Waals surface area contributed by atoms with Crippen molar-refractivity contribution in [3.05, 3.63) is 40.2 Å². The Labute approximate surface area is 108 Å². The summed E-state index contributed by atoms with van der Waals surface area (Å²) < 4.78 is 31.8. The van der Waals surface area contributed by atoms with Gasteiger partial charge in [0.1, 0.15) is 12.0 Å². The molecule has 8 heteroatoms. The van der Waals surface area contributed by atoms with E-state index in [9.17, 15) is 13.6 Å². The average molecular weight is 319 g/mol. The first-order valence-electron chi connectivity index (χ1n) is 4.58. The lowest BCUT2D eigenvalue weighted by atomic mass is 10.3. The van der Waals surface area contributed by atoms with E-state index in [1.807, 2.05) is 0 Å². The van der Waals surface area contributed by atoms with Crippen LogP contribution in [-0.2, 0) is 0 Å². The number of hydrogen-bond donors (Lipinski definition) is 2. The molecule has 0 aliphatic carbocycles. The van der Waals surface area contributed by atoms with Gasteiger partial charge in [0.25, 0.3) is 6.01 Å². The highest BCUT2D eigenvalue weighted by molar-refractivity contribution is 9.10. The van der Waals surface area contributed by atoms with Gasteiger partial charge in [-0.1, -0.05) is 15.9 Å². The first-order chi connectivity index (χ1) is 8.47. The number of nitrogens with zero attached hydrogens (tertiary/aromatic N) is 1. The van der Waals surface area contributed by atoms with E-state index in [1.54, 1.807) is 0 Å². The number of aromatic nitrogens is 1. The lowest BCUT2D eigenvalue weighted by molar-refractivity contribution is 0.0690. The Morgan fingerprint density at radius 2 is 2.00 bits per heavy atom.